The monoisotopic (exact) mass is 347 g/mol. The second kappa shape index (κ2) is 6.14. The van der Waals surface area contributed by atoms with E-state index in [0.717, 1.165) is 0 Å². The number of ether oxygens (including phenoxy) is 2. The summed E-state index contributed by atoms with van der Waals surface area (Å²) in [4.78, 5) is 15.2. The maximum absolute atomic E-state index is 10.4. The zero-order valence-electron chi connectivity index (χ0n) is 12.5. The highest BCUT2D eigenvalue weighted by molar-refractivity contribution is 6.32. The lowest BCUT2D eigenvalue weighted by Crippen LogP contribution is -2.17. The molecule has 3 heterocycles. The van der Waals surface area contributed by atoms with E-state index in [1.54, 1.807) is 18.5 Å². The summed E-state index contributed by atoms with van der Waals surface area (Å²) in [7, 11) is 0. The van der Waals surface area contributed by atoms with Gasteiger partial charge < -0.3 is 24.9 Å². The van der Waals surface area contributed by atoms with Crippen molar-refractivity contribution in [1.29, 1.82) is 0 Å². The maximum atomic E-state index is 10.4. The van der Waals surface area contributed by atoms with Crippen molar-refractivity contribution in [3.63, 3.8) is 0 Å². The van der Waals surface area contributed by atoms with E-state index in [9.17, 15) is 5.11 Å². The van der Waals surface area contributed by atoms with Crippen molar-refractivity contribution in [2.45, 2.75) is 6.10 Å². The van der Waals surface area contributed by atoms with Crippen LogP contribution in [0.4, 0.5) is 5.82 Å². The first-order valence-electron chi connectivity index (χ1n) is 7.37. The molecule has 0 saturated heterocycles. The minimum Gasteiger partial charge on any atom is -0.486 e. The molecule has 1 aromatic carbocycles. The van der Waals surface area contributed by atoms with Gasteiger partial charge in [-0.25, -0.2) is 15.0 Å². The first kappa shape index (κ1) is 15.0. The van der Waals surface area contributed by atoms with E-state index in [0.29, 0.717) is 52.3 Å². The number of anilines is 1. The number of fused-ring (bicyclic) bond motifs is 2. The molecule has 0 saturated carbocycles. The number of nitrogens with one attached hydrogen (secondary N) is 2. The van der Waals surface area contributed by atoms with Gasteiger partial charge in [0.05, 0.1) is 17.5 Å². The first-order valence-corrected chi connectivity index (χ1v) is 7.75. The molecule has 4 rings (SSSR count). The molecule has 0 aliphatic carbocycles. The Morgan fingerprint density at radius 1 is 1.25 bits per heavy atom. The van der Waals surface area contributed by atoms with Crippen LogP contribution in [0.3, 0.4) is 0 Å². The smallest absolute Gasteiger partial charge is 0.182 e. The van der Waals surface area contributed by atoms with E-state index in [-0.39, 0.29) is 6.54 Å². The van der Waals surface area contributed by atoms with Crippen molar-refractivity contribution in [3.8, 4) is 11.5 Å². The topological polar surface area (TPSA) is 105 Å². The molecule has 1 aliphatic rings. The lowest BCUT2D eigenvalue weighted by Gasteiger charge is -2.21. The number of hydrogen-bond acceptors (Lipinski definition) is 7. The standard InChI is InChI=1S/C15H14ClN5O3/c16-9-3-8(4-11-13(9)24-2-1-23-11)10(22)5-17-14-12-15(19-6-18-12)21-7-20-14/h3-4,6-7,10,22H,1-2,5H2,(H2,17,18,19,20,21). The van der Waals surface area contributed by atoms with Gasteiger partial charge in [-0.05, 0) is 17.7 Å². The Bertz CT molecular complexity index is 885. The molecule has 0 radical (unpaired) electrons. The van der Waals surface area contributed by atoms with Gasteiger partial charge in [0.2, 0.25) is 0 Å². The molecule has 0 bridgehead atoms. The van der Waals surface area contributed by atoms with E-state index in [1.165, 1.54) is 6.33 Å². The molecular weight excluding hydrogens is 334 g/mol. The molecule has 2 aromatic heterocycles. The van der Waals surface area contributed by atoms with E-state index in [4.69, 9.17) is 21.1 Å². The number of aromatic nitrogens is 4. The molecule has 1 aliphatic heterocycles. The van der Waals surface area contributed by atoms with Gasteiger partial charge in [0, 0.05) is 6.54 Å². The number of imidazole rings is 1. The van der Waals surface area contributed by atoms with E-state index < -0.39 is 6.10 Å². The molecule has 9 heteroatoms. The second-order valence-corrected chi connectivity index (χ2v) is 5.65. The Kier molecular flexibility index (Phi) is 3.83. The molecule has 0 fully saturated rings. The summed E-state index contributed by atoms with van der Waals surface area (Å²) in [6.45, 7) is 1.16. The molecule has 1 unspecified atom stereocenters. The van der Waals surface area contributed by atoms with Crippen LogP contribution in [0.2, 0.25) is 5.02 Å². The van der Waals surface area contributed by atoms with Crippen LogP contribution in [0.25, 0.3) is 11.2 Å². The van der Waals surface area contributed by atoms with Gasteiger partial charge in [-0.2, -0.15) is 0 Å². The largest absolute Gasteiger partial charge is 0.486 e. The Labute approximate surface area is 141 Å². The first-order chi connectivity index (χ1) is 11.7. The summed E-state index contributed by atoms with van der Waals surface area (Å²) < 4.78 is 11.0. The summed E-state index contributed by atoms with van der Waals surface area (Å²) in [5.74, 6) is 1.63. The van der Waals surface area contributed by atoms with Crippen molar-refractivity contribution < 1.29 is 14.6 Å². The van der Waals surface area contributed by atoms with Crippen LogP contribution in [0.5, 0.6) is 11.5 Å². The fourth-order valence-electron chi connectivity index (χ4n) is 2.53. The van der Waals surface area contributed by atoms with Crippen LogP contribution in [0.15, 0.2) is 24.8 Å². The summed E-state index contributed by atoms with van der Waals surface area (Å²) in [5, 5.41) is 13.9. The van der Waals surface area contributed by atoms with E-state index >= 15 is 0 Å². The minimum absolute atomic E-state index is 0.237. The van der Waals surface area contributed by atoms with Gasteiger partial charge in [0.25, 0.3) is 0 Å². The molecule has 124 valence electrons. The lowest BCUT2D eigenvalue weighted by molar-refractivity contribution is 0.167. The minimum atomic E-state index is -0.800. The number of rotatable bonds is 4. The Morgan fingerprint density at radius 3 is 3.04 bits per heavy atom. The summed E-state index contributed by atoms with van der Waals surface area (Å²) >= 11 is 6.20. The van der Waals surface area contributed by atoms with Crippen LogP contribution in [-0.2, 0) is 0 Å². The van der Waals surface area contributed by atoms with Crippen molar-refractivity contribution >= 4 is 28.6 Å². The van der Waals surface area contributed by atoms with Gasteiger partial charge in [-0.1, -0.05) is 11.6 Å². The van der Waals surface area contributed by atoms with Crippen molar-refractivity contribution in [2.75, 3.05) is 25.1 Å². The number of benzene rings is 1. The van der Waals surface area contributed by atoms with Gasteiger partial charge in [-0.3, -0.25) is 0 Å². The number of aliphatic hydroxyl groups is 1. The fraction of sp³-hybridized carbons (Fsp3) is 0.267. The quantitative estimate of drug-likeness (QED) is 0.662. The zero-order chi connectivity index (χ0) is 16.5. The van der Waals surface area contributed by atoms with Crippen molar-refractivity contribution in [1.82, 2.24) is 19.9 Å². The van der Waals surface area contributed by atoms with Gasteiger partial charge in [0.15, 0.2) is 23.0 Å². The fourth-order valence-corrected chi connectivity index (χ4v) is 2.81. The normalized spacial score (nSPS) is 14.6. The Balaban J connectivity index is 1.53. The highest BCUT2D eigenvalue weighted by atomic mass is 35.5. The number of aliphatic hydroxyl groups excluding tert-OH is 1. The predicted molar refractivity (Wildman–Crippen MR) is 87.6 cm³/mol. The molecule has 24 heavy (non-hydrogen) atoms. The average Bonchev–Trinajstić information content (AvgIpc) is 3.09. The highest BCUT2D eigenvalue weighted by Gasteiger charge is 2.19. The molecular formula is C15H14ClN5O3. The Hall–Kier alpha value is -2.58. The molecule has 0 spiro atoms. The third kappa shape index (κ3) is 2.70. The maximum Gasteiger partial charge on any atom is 0.182 e. The predicted octanol–water partition coefficient (Wildman–Crippen LogP) is 1.92. The molecule has 3 aromatic rings. The van der Waals surface area contributed by atoms with Gasteiger partial charge in [0.1, 0.15) is 25.1 Å². The number of hydrogen-bond donors (Lipinski definition) is 3. The number of aromatic amines is 1. The van der Waals surface area contributed by atoms with Crippen LogP contribution >= 0.6 is 11.6 Å². The van der Waals surface area contributed by atoms with Crippen LogP contribution in [-0.4, -0.2) is 44.8 Å². The molecule has 8 nitrogen and oxygen atoms in total. The molecule has 1 atom stereocenters. The molecule has 0 amide bonds. The van der Waals surface area contributed by atoms with Crippen molar-refractivity contribution in [2.24, 2.45) is 0 Å². The zero-order valence-corrected chi connectivity index (χ0v) is 13.2. The SMILES string of the molecule is OC(CNc1ncnc2nc[nH]c12)c1cc(Cl)c2c(c1)OCCO2. The third-order valence-corrected chi connectivity index (χ3v) is 3.97. The van der Waals surface area contributed by atoms with Crippen molar-refractivity contribution in [3.05, 3.63) is 35.4 Å². The van der Waals surface area contributed by atoms with Gasteiger partial charge in [-0.15, -0.1) is 0 Å². The third-order valence-electron chi connectivity index (χ3n) is 3.69. The number of H-pyrrole nitrogens is 1. The van der Waals surface area contributed by atoms with Crippen LogP contribution in [0, 0.1) is 0 Å². The van der Waals surface area contributed by atoms with E-state index in [2.05, 4.69) is 25.3 Å². The summed E-state index contributed by atoms with van der Waals surface area (Å²) in [6, 6.07) is 3.41. The van der Waals surface area contributed by atoms with E-state index in [1.807, 2.05) is 0 Å². The summed E-state index contributed by atoms with van der Waals surface area (Å²) in [6.07, 6.45) is 2.16. The average molecular weight is 348 g/mol. The Morgan fingerprint density at radius 2 is 2.12 bits per heavy atom. The lowest BCUT2D eigenvalue weighted by atomic mass is 10.1. The van der Waals surface area contributed by atoms with Crippen LogP contribution < -0.4 is 14.8 Å². The summed E-state index contributed by atoms with van der Waals surface area (Å²) in [5.41, 5.74) is 1.88. The van der Waals surface area contributed by atoms with Crippen LogP contribution in [0.1, 0.15) is 11.7 Å². The number of nitrogens with zero attached hydrogens (tertiary/aromatic N) is 3. The number of halogens is 1. The van der Waals surface area contributed by atoms with Gasteiger partial charge >= 0.3 is 0 Å². The molecule has 3 N–H and O–H groups in total. The highest BCUT2D eigenvalue weighted by Crippen LogP contribution is 2.39. The second-order valence-electron chi connectivity index (χ2n) is 5.25.